The Kier molecular flexibility index (Phi) is 6.87. The first-order valence-electron chi connectivity index (χ1n) is 15.6. The number of benzene rings is 3. The second-order valence-corrected chi connectivity index (χ2v) is 12.5. The Bertz CT molecular complexity index is 1770. The largest absolute Gasteiger partial charge is 0.454 e. The van der Waals surface area contributed by atoms with Crippen molar-refractivity contribution in [1.82, 2.24) is 0 Å². The number of fused-ring (bicyclic) bond motifs is 3. The average Bonchev–Trinajstić information content (AvgIpc) is 3.40. The number of furan rings is 1. The van der Waals surface area contributed by atoms with Crippen LogP contribution < -0.4 is 4.57 Å². The van der Waals surface area contributed by atoms with Crippen LogP contribution in [0.25, 0.3) is 44.3 Å². The molecular weight excluding hydrogens is 500 g/mol. The number of rotatable bonds is 4. The predicted molar refractivity (Wildman–Crippen MR) is 166 cm³/mol. The molecule has 2 aliphatic rings. The van der Waals surface area contributed by atoms with E-state index < -0.39 is 0 Å². The molecule has 3 nitrogen and oxygen atoms in total. The van der Waals surface area contributed by atoms with E-state index in [-0.39, 0.29) is 0 Å². The lowest BCUT2D eigenvalue weighted by Crippen LogP contribution is -2.30. The van der Waals surface area contributed by atoms with Gasteiger partial charge in [-0.3, -0.25) is 0 Å². The summed E-state index contributed by atoms with van der Waals surface area (Å²) in [5, 5.41) is 12.5. The Hall–Kier alpha value is -3.90. The normalized spacial score (nSPS) is 19.9. The molecule has 0 spiro atoms. The lowest BCUT2D eigenvalue weighted by atomic mass is 9.69. The lowest BCUT2D eigenvalue weighted by molar-refractivity contribution is -0.660. The molecule has 2 aromatic heterocycles. The third-order valence-electron chi connectivity index (χ3n) is 10.2. The summed E-state index contributed by atoms with van der Waals surface area (Å²) in [6, 6.07) is 26.0. The molecule has 41 heavy (non-hydrogen) atoms. The molecule has 0 unspecified atom stereocenters. The Balaban J connectivity index is 1.35. The third-order valence-corrected chi connectivity index (χ3v) is 10.2. The van der Waals surface area contributed by atoms with E-state index in [0.29, 0.717) is 11.5 Å². The van der Waals surface area contributed by atoms with Gasteiger partial charge in [0, 0.05) is 28.5 Å². The summed E-state index contributed by atoms with van der Waals surface area (Å²) in [7, 11) is 2.08. The smallest absolute Gasteiger partial charge is 0.216 e. The molecule has 0 saturated heterocycles. The van der Waals surface area contributed by atoms with Gasteiger partial charge in [-0.05, 0) is 85.3 Å². The van der Waals surface area contributed by atoms with Gasteiger partial charge in [0.25, 0.3) is 0 Å². The Morgan fingerprint density at radius 3 is 2.17 bits per heavy atom. The quantitative estimate of drug-likeness (QED) is 0.213. The summed E-state index contributed by atoms with van der Waals surface area (Å²) >= 11 is 0. The summed E-state index contributed by atoms with van der Waals surface area (Å²) in [5.41, 5.74) is 9.30. The van der Waals surface area contributed by atoms with Crippen molar-refractivity contribution in [1.29, 1.82) is 5.26 Å². The molecule has 3 aromatic carbocycles. The topological polar surface area (TPSA) is 40.8 Å². The predicted octanol–water partition coefficient (Wildman–Crippen LogP) is 9.78. The summed E-state index contributed by atoms with van der Waals surface area (Å²) < 4.78 is 9.02. The van der Waals surface area contributed by atoms with Gasteiger partial charge >= 0.3 is 0 Å². The first-order valence-corrected chi connectivity index (χ1v) is 15.6. The molecule has 0 amide bonds. The molecule has 0 atom stereocenters. The van der Waals surface area contributed by atoms with Crippen molar-refractivity contribution in [2.75, 3.05) is 0 Å². The molecule has 5 aromatic rings. The first-order chi connectivity index (χ1) is 20.1. The highest BCUT2D eigenvalue weighted by molar-refractivity contribution is 6.14. The van der Waals surface area contributed by atoms with Gasteiger partial charge in [0.1, 0.15) is 18.2 Å². The van der Waals surface area contributed by atoms with E-state index in [1.807, 2.05) is 6.07 Å². The fraction of sp³-hybridized carbons (Fsp3) is 0.368. The van der Waals surface area contributed by atoms with Crippen LogP contribution in [0.3, 0.4) is 0 Å². The van der Waals surface area contributed by atoms with Crippen LogP contribution in [0.5, 0.6) is 0 Å². The van der Waals surface area contributed by atoms with E-state index in [1.165, 1.54) is 74.5 Å². The lowest BCUT2D eigenvalue weighted by Gasteiger charge is -2.36. The zero-order valence-electron chi connectivity index (χ0n) is 24.3. The zero-order chi connectivity index (χ0) is 27.9. The highest BCUT2D eigenvalue weighted by atomic mass is 16.3. The van der Waals surface area contributed by atoms with E-state index in [0.717, 1.165) is 50.6 Å². The van der Waals surface area contributed by atoms with Gasteiger partial charge in [0.05, 0.1) is 17.2 Å². The van der Waals surface area contributed by atoms with Crippen molar-refractivity contribution < 1.29 is 8.98 Å². The van der Waals surface area contributed by atoms with Gasteiger partial charge < -0.3 is 4.42 Å². The molecule has 2 fully saturated rings. The molecule has 7 rings (SSSR count). The minimum absolute atomic E-state index is 0.526. The number of hydrogen-bond acceptors (Lipinski definition) is 2. The van der Waals surface area contributed by atoms with Crippen LogP contribution in [0.4, 0.5) is 0 Å². The maximum Gasteiger partial charge on any atom is 0.216 e. The number of aryl methyl sites for hydroxylation is 2. The number of pyridine rings is 1. The van der Waals surface area contributed by atoms with E-state index in [9.17, 15) is 5.26 Å². The second-order valence-electron chi connectivity index (χ2n) is 12.5. The molecule has 0 radical (unpaired) electrons. The molecule has 2 aliphatic carbocycles. The van der Waals surface area contributed by atoms with Crippen LogP contribution >= 0.6 is 0 Å². The minimum atomic E-state index is 0.526. The van der Waals surface area contributed by atoms with Crippen LogP contribution in [-0.2, 0) is 7.05 Å². The van der Waals surface area contributed by atoms with Crippen molar-refractivity contribution in [2.45, 2.75) is 70.6 Å². The summed E-state index contributed by atoms with van der Waals surface area (Å²) in [6.07, 6.45) is 14.4. The fourth-order valence-corrected chi connectivity index (χ4v) is 8.05. The van der Waals surface area contributed by atoms with Gasteiger partial charge in [-0.2, -0.15) is 5.26 Å². The monoisotopic (exact) mass is 539 g/mol. The van der Waals surface area contributed by atoms with E-state index in [1.54, 1.807) is 0 Å². The van der Waals surface area contributed by atoms with Crippen molar-refractivity contribution in [3.63, 3.8) is 0 Å². The molecule has 2 saturated carbocycles. The molecule has 3 heteroatoms. The maximum absolute atomic E-state index is 10.3. The Morgan fingerprint density at radius 1 is 0.732 bits per heavy atom. The van der Waals surface area contributed by atoms with Crippen molar-refractivity contribution >= 4 is 21.9 Å². The van der Waals surface area contributed by atoms with Crippen molar-refractivity contribution in [3.8, 4) is 28.5 Å². The van der Waals surface area contributed by atoms with Gasteiger partial charge in [0.15, 0.2) is 6.20 Å². The van der Waals surface area contributed by atoms with Gasteiger partial charge in [-0.25, -0.2) is 4.57 Å². The van der Waals surface area contributed by atoms with Crippen LogP contribution in [-0.4, -0.2) is 0 Å². The molecule has 0 N–H and O–H groups in total. The summed E-state index contributed by atoms with van der Waals surface area (Å²) in [5.74, 6) is 2.37. The van der Waals surface area contributed by atoms with Crippen LogP contribution in [0.2, 0.25) is 0 Å². The zero-order valence-corrected chi connectivity index (χ0v) is 24.3. The number of hydrogen-bond donors (Lipinski definition) is 0. The fourth-order valence-electron chi connectivity index (χ4n) is 8.05. The van der Waals surface area contributed by atoms with Crippen molar-refractivity contribution in [3.05, 3.63) is 89.6 Å². The van der Waals surface area contributed by atoms with E-state index >= 15 is 0 Å². The Labute approximate surface area is 243 Å². The van der Waals surface area contributed by atoms with Crippen LogP contribution in [0.15, 0.2) is 77.3 Å². The first kappa shape index (κ1) is 26.0. The average molecular weight is 540 g/mol. The third kappa shape index (κ3) is 4.55. The van der Waals surface area contributed by atoms with Gasteiger partial charge in [-0.15, -0.1) is 0 Å². The molecule has 2 heterocycles. The van der Waals surface area contributed by atoms with Crippen LogP contribution in [0.1, 0.15) is 80.4 Å². The number of nitrogens with zero attached hydrogens (tertiary/aromatic N) is 2. The standard InChI is InChI=1S/C38H39N2O/c1-25-15-21-32-33-22-20-29(24-39)36(38(33)41-37(32)35(25)34-14-8-9-23-40(34)2)31-13-7-6-12-30(31)28-18-16-27(17-19-28)26-10-4-3-5-11-26/h6-9,12-15,20-23,26-28H,3-5,10-11,16-19H2,1-2H3/q+1. The summed E-state index contributed by atoms with van der Waals surface area (Å²) in [6.45, 7) is 2.15. The number of nitriles is 1. The molecule has 0 aliphatic heterocycles. The SMILES string of the molecule is Cc1ccc2c(oc3c(-c4ccccc4C4CCC(C5CCCCC5)CC4)c(C#N)ccc32)c1-c1cccc[n+]1C. The molecular formula is C38H39N2O+. The van der Waals surface area contributed by atoms with E-state index in [4.69, 9.17) is 4.42 Å². The maximum atomic E-state index is 10.3. The van der Waals surface area contributed by atoms with Crippen LogP contribution in [0, 0.1) is 30.1 Å². The molecule has 0 bridgehead atoms. The van der Waals surface area contributed by atoms with Crippen molar-refractivity contribution in [2.24, 2.45) is 18.9 Å². The van der Waals surface area contributed by atoms with E-state index in [2.05, 4.69) is 91.5 Å². The molecule has 206 valence electrons. The highest BCUT2D eigenvalue weighted by Gasteiger charge is 2.31. The van der Waals surface area contributed by atoms with Gasteiger partial charge in [0.2, 0.25) is 5.69 Å². The summed E-state index contributed by atoms with van der Waals surface area (Å²) in [4.78, 5) is 0. The van der Waals surface area contributed by atoms with Gasteiger partial charge in [-0.1, -0.05) is 68.5 Å². The highest BCUT2D eigenvalue weighted by Crippen LogP contribution is 2.47. The Morgan fingerprint density at radius 2 is 1.41 bits per heavy atom. The number of aromatic nitrogens is 1. The minimum Gasteiger partial charge on any atom is -0.454 e. The second kappa shape index (κ2) is 10.8.